The highest BCUT2D eigenvalue weighted by atomic mass is 19.1. The lowest BCUT2D eigenvalue weighted by Crippen LogP contribution is -2.35. The van der Waals surface area contributed by atoms with E-state index in [1.54, 1.807) is 0 Å². The Bertz CT molecular complexity index is 507. The quantitative estimate of drug-likeness (QED) is 0.255. The van der Waals surface area contributed by atoms with E-state index < -0.39 is 24.2 Å². The van der Waals surface area contributed by atoms with Crippen LogP contribution in [0.3, 0.4) is 0 Å². The third-order valence-electron chi connectivity index (χ3n) is 3.43. The average Bonchev–Trinajstić information content (AvgIpc) is 2.60. The van der Waals surface area contributed by atoms with Gasteiger partial charge < -0.3 is 16.0 Å². The van der Waals surface area contributed by atoms with Crippen molar-refractivity contribution < 1.29 is 33.2 Å². The molecular weight excluding hydrogens is 366 g/mol. The molecule has 0 spiro atoms. The zero-order valence-corrected chi connectivity index (χ0v) is 15.6. The molecule has 11 heteroatoms. The van der Waals surface area contributed by atoms with Crippen molar-refractivity contribution in [3.63, 3.8) is 0 Å². The van der Waals surface area contributed by atoms with E-state index in [0.29, 0.717) is 5.06 Å². The fraction of sp³-hybridized carbons (Fsp3) is 0.750. The van der Waals surface area contributed by atoms with Crippen LogP contribution < -0.4 is 16.0 Å². The number of halogens is 2. The predicted octanol–water partition coefficient (Wildman–Crippen LogP) is -0.171. The Morgan fingerprint density at radius 3 is 2.04 bits per heavy atom. The van der Waals surface area contributed by atoms with E-state index in [0.717, 1.165) is 0 Å². The molecule has 2 unspecified atom stereocenters. The van der Waals surface area contributed by atoms with Gasteiger partial charge in [-0.3, -0.25) is 24.4 Å². The minimum atomic E-state index is -1.42. The molecule has 2 atom stereocenters. The third-order valence-corrected chi connectivity index (χ3v) is 3.43. The van der Waals surface area contributed by atoms with Crippen molar-refractivity contribution in [3.05, 3.63) is 0 Å². The lowest BCUT2D eigenvalue weighted by Gasteiger charge is -2.16. The lowest BCUT2D eigenvalue weighted by molar-refractivity contribution is -0.166. The maximum Gasteiger partial charge on any atom is 0.246 e. The summed E-state index contributed by atoms with van der Waals surface area (Å²) in [5.41, 5.74) is 0. The molecule has 0 radical (unpaired) electrons. The first kappa shape index (κ1) is 24.7. The van der Waals surface area contributed by atoms with Gasteiger partial charge in [0.1, 0.15) is 12.3 Å². The van der Waals surface area contributed by atoms with Gasteiger partial charge in [-0.25, -0.2) is 13.8 Å². The van der Waals surface area contributed by atoms with Gasteiger partial charge >= 0.3 is 0 Å². The molecule has 0 aliphatic heterocycles. The molecule has 0 aromatic rings. The number of nitrogens with one attached hydrogen (secondary N) is 3. The van der Waals surface area contributed by atoms with Crippen LogP contribution >= 0.6 is 0 Å². The van der Waals surface area contributed by atoms with E-state index >= 15 is 0 Å². The summed E-state index contributed by atoms with van der Waals surface area (Å²) in [5.74, 6) is -1.98. The van der Waals surface area contributed by atoms with Gasteiger partial charge in [-0.05, 0) is 6.42 Å². The number of alkyl halides is 2. The van der Waals surface area contributed by atoms with E-state index in [4.69, 9.17) is 0 Å². The van der Waals surface area contributed by atoms with Crippen LogP contribution in [0, 0.1) is 0 Å². The number of hydrogen-bond acceptors (Lipinski definition) is 5. The van der Waals surface area contributed by atoms with Crippen molar-refractivity contribution in [2.24, 2.45) is 0 Å². The van der Waals surface area contributed by atoms with Crippen LogP contribution in [0.5, 0.6) is 0 Å². The summed E-state index contributed by atoms with van der Waals surface area (Å²) in [6, 6.07) is 0. The Labute approximate surface area is 156 Å². The lowest BCUT2D eigenvalue weighted by atomic mass is 10.2. The van der Waals surface area contributed by atoms with E-state index in [1.807, 2.05) is 0 Å². The monoisotopic (exact) mass is 394 g/mol. The Hall–Kier alpha value is -2.30. The summed E-state index contributed by atoms with van der Waals surface area (Å²) >= 11 is 0. The van der Waals surface area contributed by atoms with Crippen molar-refractivity contribution in [1.82, 2.24) is 21.0 Å². The van der Waals surface area contributed by atoms with Crippen LogP contribution in [0.15, 0.2) is 0 Å². The molecule has 0 saturated carbocycles. The van der Waals surface area contributed by atoms with Crippen LogP contribution in [-0.4, -0.2) is 72.4 Å². The third kappa shape index (κ3) is 14.5. The first-order valence-electron chi connectivity index (χ1n) is 8.64. The Morgan fingerprint density at radius 1 is 0.889 bits per heavy atom. The smallest absolute Gasteiger partial charge is 0.246 e. The summed E-state index contributed by atoms with van der Waals surface area (Å²) in [6.45, 7) is 1.97. The molecule has 4 N–H and O–H groups in total. The van der Waals surface area contributed by atoms with Gasteiger partial charge in [0.05, 0.1) is 6.54 Å². The molecule has 0 bridgehead atoms. The van der Waals surface area contributed by atoms with Gasteiger partial charge in [0.25, 0.3) is 0 Å². The Kier molecular flexibility index (Phi) is 12.7. The maximum atomic E-state index is 13.5. The largest absolute Gasteiger partial charge is 0.356 e. The van der Waals surface area contributed by atoms with E-state index in [1.165, 1.54) is 13.8 Å². The standard InChI is InChI=1S/C16H28F2N4O5/c1-11(23)19-7-5-13(17)10-21-15(25)3-4-16(26)22(27)8-6-14(18)9-20-12(2)24/h13-14,27H,3-10H2,1-2H3,(H,19,23)(H,20,24)(H,21,25). The van der Waals surface area contributed by atoms with Gasteiger partial charge in [0.2, 0.25) is 23.6 Å². The zero-order valence-electron chi connectivity index (χ0n) is 15.6. The van der Waals surface area contributed by atoms with Crippen molar-refractivity contribution in [3.8, 4) is 0 Å². The van der Waals surface area contributed by atoms with Crippen LogP contribution in [0.2, 0.25) is 0 Å². The second kappa shape index (κ2) is 13.8. The minimum absolute atomic E-state index is 0.0477. The van der Waals surface area contributed by atoms with Crippen molar-refractivity contribution in [1.29, 1.82) is 0 Å². The maximum absolute atomic E-state index is 13.5. The van der Waals surface area contributed by atoms with Crippen molar-refractivity contribution in [2.75, 3.05) is 26.2 Å². The first-order chi connectivity index (χ1) is 12.6. The van der Waals surface area contributed by atoms with Crippen LogP contribution in [0.4, 0.5) is 8.78 Å². The minimum Gasteiger partial charge on any atom is -0.356 e. The second-order valence-electron chi connectivity index (χ2n) is 6.01. The molecule has 0 rings (SSSR count). The Balaban J connectivity index is 3.89. The first-order valence-corrected chi connectivity index (χ1v) is 8.64. The molecule has 0 aromatic carbocycles. The average molecular weight is 394 g/mol. The molecule has 0 heterocycles. The second-order valence-corrected chi connectivity index (χ2v) is 6.01. The fourth-order valence-corrected chi connectivity index (χ4v) is 1.91. The highest BCUT2D eigenvalue weighted by Crippen LogP contribution is 2.02. The van der Waals surface area contributed by atoms with Crippen LogP contribution in [-0.2, 0) is 19.2 Å². The van der Waals surface area contributed by atoms with Crippen molar-refractivity contribution >= 4 is 23.6 Å². The zero-order chi connectivity index (χ0) is 20.8. The van der Waals surface area contributed by atoms with Crippen LogP contribution in [0.25, 0.3) is 0 Å². The molecule has 0 fully saturated rings. The van der Waals surface area contributed by atoms with Gasteiger partial charge in [0.15, 0.2) is 0 Å². The number of hydrogen-bond donors (Lipinski definition) is 4. The number of nitrogens with zero attached hydrogens (tertiary/aromatic N) is 1. The van der Waals surface area contributed by atoms with Gasteiger partial charge in [-0.15, -0.1) is 0 Å². The van der Waals surface area contributed by atoms with Crippen LogP contribution in [0.1, 0.15) is 39.5 Å². The highest BCUT2D eigenvalue weighted by molar-refractivity contribution is 5.83. The number of amides is 4. The fourth-order valence-electron chi connectivity index (χ4n) is 1.91. The number of carbonyl (C=O) groups is 4. The van der Waals surface area contributed by atoms with Gasteiger partial charge in [-0.2, -0.15) is 0 Å². The normalized spacial score (nSPS) is 12.6. The van der Waals surface area contributed by atoms with Gasteiger partial charge in [-0.1, -0.05) is 0 Å². The number of rotatable bonds is 13. The summed E-state index contributed by atoms with van der Waals surface area (Å²) in [7, 11) is 0. The van der Waals surface area contributed by atoms with E-state index in [9.17, 15) is 33.2 Å². The molecule has 9 nitrogen and oxygen atoms in total. The summed E-state index contributed by atoms with van der Waals surface area (Å²) in [4.78, 5) is 44.5. The summed E-state index contributed by atoms with van der Waals surface area (Å²) < 4.78 is 26.9. The highest BCUT2D eigenvalue weighted by Gasteiger charge is 2.16. The summed E-state index contributed by atoms with van der Waals surface area (Å²) in [6.07, 6.45) is -3.44. The molecule has 156 valence electrons. The van der Waals surface area contributed by atoms with E-state index in [-0.39, 0.29) is 63.7 Å². The molecule has 0 saturated heterocycles. The van der Waals surface area contributed by atoms with Gasteiger partial charge in [0, 0.05) is 52.7 Å². The predicted molar refractivity (Wildman–Crippen MR) is 92.1 cm³/mol. The number of carbonyl (C=O) groups excluding carboxylic acids is 4. The SMILES string of the molecule is CC(=O)NCCC(F)CNC(=O)CCC(=O)N(O)CCC(F)CNC(C)=O. The topological polar surface area (TPSA) is 128 Å². The molecule has 27 heavy (non-hydrogen) atoms. The van der Waals surface area contributed by atoms with E-state index in [2.05, 4.69) is 16.0 Å². The molecule has 4 amide bonds. The molecule has 0 aromatic heterocycles. The molecule has 0 aliphatic rings. The number of hydroxylamine groups is 2. The summed E-state index contributed by atoms with van der Waals surface area (Å²) in [5, 5.41) is 16.9. The van der Waals surface area contributed by atoms with Crippen molar-refractivity contribution in [2.45, 2.75) is 51.9 Å². The molecular formula is C16H28F2N4O5. The molecule has 0 aliphatic carbocycles. The Morgan fingerprint density at radius 2 is 1.44 bits per heavy atom.